The molecule has 0 saturated carbocycles. The number of hydrogen-bond acceptors (Lipinski definition) is 6. The summed E-state index contributed by atoms with van der Waals surface area (Å²) in [4.78, 5) is 9.80. The average molecular weight is 400 g/mol. The van der Waals surface area contributed by atoms with Crippen LogP contribution in [0.3, 0.4) is 0 Å². The molecule has 3 heterocycles. The van der Waals surface area contributed by atoms with Crippen molar-refractivity contribution < 1.29 is 4.74 Å². The maximum Gasteiger partial charge on any atom is 0.253 e. The molecule has 1 saturated heterocycles. The molecular weight excluding hydrogens is 376 g/mol. The van der Waals surface area contributed by atoms with Crippen LogP contribution < -0.4 is 5.43 Å². The molecule has 0 aliphatic carbocycles. The molecule has 7 nitrogen and oxygen atoms in total. The van der Waals surface area contributed by atoms with Crippen LogP contribution in [0.25, 0.3) is 22.5 Å². The summed E-state index contributed by atoms with van der Waals surface area (Å²) in [5.74, 6) is 1.43. The van der Waals surface area contributed by atoms with Gasteiger partial charge in [0.05, 0.1) is 13.2 Å². The van der Waals surface area contributed by atoms with Crippen LogP contribution in [0.4, 0.5) is 5.95 Å². The number of fused-ring (bicyclic) bond motifs is 1. The average Bonchev–Trinajstić information content (AvgIpc) is 3.05. The number of amidine groups is 1. The van der Waals surface area contributed by atoms with Crippen molar-refractivity contribution in [3.8, 4) is 22.5 Å². The van der Waals surface area contributed by atoms with Crippen molar-refractivity contribution in [1.82, 2.24) is 20.1 Å². The lowest BCUT2D eigenvalue weighted by Crippen LogP contribution is -2.48. The third-order valence-corrected chi connectivity index (χ3v) is 5.16. The standard InChI is InChI=1S/C23H24N6O/c1-17-16-20(27-28-12-14-30-15-13-28)24-23-25-21(18-8-4-2-5-9-18)22(29(23)26-17)19-10-6-3-7-11-19/h2-11H,12-16H2,1H3,(H,24,25,27). The summed E-state index contributed by atoms with van der Waals surface area (Å²) in [6, 6.07) is 20.5. The van der Waals surface area contributed by atoms with Gasteiger partial charge in [0.25, 0.3) is 5.95 Å². The van der Waals surface area contributed by atoms with Crippen LogP contribution in [0.5, 0.6) is 0 Å². The van der Waals surface area contributed by atoms with Crippen LogP contribution in [-0.2, 0) is 4.74 Å². The van der Waals surface area contributed by atoms with E-state index in [1.54, 1.807) is 0 Å². The summed E-state index contributed by atoms with van der Waals surface area (Å²) >= 11 is 0. The number of ether oxygens (including phenoxy) is 1. The summed E-state index contributed by atoms with van der Waals surface area (Å²) in [6.07, 6.45) is 0.648. The quantitative estimate of drug-likeness (QED) is 0.728. The predicted octanol–water partition coefficient (Wildman–Crippen LogP) is 3.71. The Bertz CT molecular complexity index is 1080. The largest absolute Gasteiger partial charge is 0.379 e. The lowest BCUT2D eigenvalue weighted by Gasteiger charge is -2.28. The van der Waals surface area contributed by atoms with Crippen LogP contribution in [0.2, 0.25) is 0 Å². The van der Waals surface area contributed by atoms with Gasteiger partial charge in [0, 0.05) is 36.3 Å². The van der Waals surface area contributed by atoms with Crippen LogP contribution in [-0.4, -0.2) is 52.5 Å². The summed E-state index contributed by atoms with van der Waals surface area (Å²) in [5, 5.41) is 7.02. The fraction of sp³-hybridized carbons (Fsp3) is 0.261. The molecule has 2 aliphatic heterocycles. The minimum Gasteiger partial charge on any atom is -0.379 e. The van der Waals surface area contributed by atoms with E-state index >= 15 is 0 Å². The second-order valence-electron chi connectivity index (χ2n) is 7.43. The number of morpholine rings is 1. The Labute approximate surface area is 175 Å². The Kier molecular flexibility index (Phi) is 5.13. The van der Waals surface area contributed by atoms with Crippen molar-refractivity contribution >= 4 is 17.5 Å². The monoisotopic (exact) mass is 400 g/mol. The molecule has 0 radical (unpaired) electrons. The second-order valence-corrected chi connectivity index (χ2v) is 7.43. The zero-order chi connectivity index (χ0) is 20.3. The number of aromatic nitrogens is 2. The van der Waals surface area contributed by atoms with E-state index in [-0.39, 0.29) is 0 Å². The summed E-state index contributed by atoms with van der Waals surface area (Å²) in [7, 11) is 0. The Morgan fingerprint density at radius 3 is 2.27 bits per heavy atom. The maximum absolute atomic E-state index is 5.45. The van der Waals surface area contributed by atoms with Crippen molar-refractivity contribution in [3.63, 3.8) is 0 Å². The lowest BCUT2D eigenvalue weighted by molar-refractivity contribution is 0.0246. The molecule has 5 rings (SSSR count). The molecule has 152 valence electrons. The summed E-state index contributed by atoms with van der Waals surface area (Å²) in [5.41, 5.74) is 8.36. The highest BCUT2D eigenvalue weighted by Crippen LogP contribution is 2.36. The first-order valence-corrected chi connectivity index (χ1v) is 10.2. The number of hydrogen-bond donors (Lipinski definition) is 1. The fourth-order valence-corrected chi connectivity index (χ4v) is 3.75. The number of imidazole rings is 1. The van der Waals surface area contributed by atoms with E-state index in [2.05, 4.69) is 34.7 Å². The molecule has 0 amide bonds. The van der Waals surface area contributed by atoms with Gasteiger partial charge in [-0.1, -0.05) is 60.7 Å². The zero-order valence-corrected chi connectivity index (χ0v) is 17.0. The number of nitrogens with zero attached hydrogens (tertiary/aromatic N) is 5. The van der Waals surface area contributed by atoms with E-state index in [4.69, 9.17) is 19.8 Å². The first kappa shape index (κ1) is 18.7. The van der Waals surface area contributed by atoms with E-state index in [1.807, 2.05) is 48.0 Å². The molecular formula is C23H24N6O. The van der Waals surface area contributed by atoms with Crippen molar-refractivity contribution in [2.75, 3.05) is 26.3 Å². The SMILES string of the molecule is CC1=Nn2c(nc(-c3ccccc3)c2-c2ccccc2)N=C(NN2CCOCC2)C1. The minimum absolute atomic E-state index is 0.584. The topological polar surface area (TPSA) is 67.0 Å². The van der Waals surface area contributed by atoms with Crippen molar-refractivity contribution in [3.05, 3.63) is 60.7 Å². The number of benzene rings is 2. The second kappa shape index (κ2) is 8.22. The highest BCUT2D eigenvalue weighted by Gasteiger charge is 2.23. The normalized spacial score (nSPS) is 17.0. The van der Waals surface area contributed by atoms with Gasteiger partial charge in [0.2, 0.25) is 0 Å². The van der Waals surface area contributed by atoms with E-state index in [1.165, 1.54) is 0 Å². The van der Waals surface area contributed by atoms with Crippen LogP contribution in [0.1, 0.15) is 13.3 Å². The van der Waals surface area contributed by atoms with Gasteiger partial charge >= 0.3 is 0 Å². The van der Waals surface area contributed by atoms with Gasteiger partial charge in [-0.2, -0.15) is 14.8 Å². The third-order valence-electron chi connectivity index (χ3n) is 5.16. The molecule has 7 heteroatoms. The van der Waals surface area contributed by atoms with Crippen LogP contribution in [0.15, 0.2) is 70.8 Å². The van der Waals surface area contributed by atoms with E-state index < -0.39 is 0 Å². The number of aliphatic imine (C=N–C) groups is 1. The van der Waals surface area contributed by atoms with E-state index in [0.29, 0.717) is 12.4 Å². The first-order chi connectivity index (χ1) is 14.8. The Morgan fingerprint density at radius 2 is 1.57 bits per heavy atom. The van der Waals surface area contributed by atoms with Gasteiger partial charge in [-0.15, -0.1) is 0 Å². The van der Waals surface area contributed by atoms with Gasteiger partial charge in [-0.3, -0.25) is 0 Å². The number of hydrazine groups is 1. The maximum atomic E-state index is 5.45. The smallest absolute Gasteiger partial charge is 0.253 e. The Balaban J connectivity index is 1.63. The summed E-state index contributed by atoms with van der Waals surface area (Å²) < 4.78 is 7.32. The van der Waals surface area contributed by atoms with Gasteiger partial charge < -0.3 is 10.2 Å². The highest BCUT2D eigenvalue weighted by atomic mass is 16.5. The van der Waals surface area contributed by atoms with Crippen LogP contribution >= 0.6 is 0 Å². The van der Waals surface area contributed by atoms with Gasteiger partial charge in [-0.05, 0) is 6.92 Å². The molecule has 1 N–H and O–H groups in total. The molecule has 3 aromatic rings. The van der Waals surface area contributed by atoms with Gasteiger partial charge in [-0.25, -0.2) is 9.99 Å². The van der Waals surface area contributed by atoms with Crippen molar-refractivity contribution in [2.24, 2.45) is 10.1 Å². The van der Waals surface area contributed by atoms with Crippen LogP contribution in [0, 0.1) is 0 Å². The molecule has 0 bridgehead atoms. The molecule has 1 aromatic heterocycles. The Hall–Kier alpha value is -3.29. The molecule has 2 aliphatic rings. The first-order valence-electron chi connectivity index (χ1n) is 10.2. The predicted molar refractivity (Wildman–Crippen MR) is 119 cm³/mol. The molecule has 0 atom stereocenters. The molecule has 0 unspecified atom stereocenters. The number of rotatable bonds is 3. The third kappa shape index (κ3) is 3.77. The zero-order valence-electron chi connectivity index (χ0n) is 17.0. The molecule has 30 heavy (non-hydrogen) atoms. The molecule has 1 fully saturated rings. The molecule has 2 aromatic carbocycles. The number of nitrogens with one attached hydrogen (secondary N) is 1. The van der Waals surface area contributed by atoms with Crippen molar-refractivity contribution in [2.45, 2.75) is 13.3 Å². The summed E-state index contributed by atoms with van der Waals surface area (Å²) in [6.45, 7) is 5.13. The van der Waals surface area contributed by atoms with E-state index in [9.17, 15) is 0 Å². The van der Waals surface area contributed by atoms with E-state index in [0.717, 1.165) is 60.4 Å². The fourth-order valence-electron chi connectivity index (χ4n) is 3.75. The lowest BCUT2D eigenvalue weighted by atomic mass is 10.1. The van der Waals surface area contributed by atoms with Gasteiger partial charge in [0.15, 0.2) is 0 Å². The minimum atomic E-state index is 0.584. The van der Waals surface area contributed by atoms with Gasteiger partial charge in [0.1, 0.15) is 17.2 Å². The highest BCUT2D eigenvalue weighted by molar-refractivity contribution is 6.04. The van der Waals surface area contributed by atoms with Crippen molar-refractivity contribution in [1.29, 1.82) is 0 Å². The Morgan fingerprint density at radius 1 is 0.900 bits per heavy atom. The molecule has 0 spiro atoms.